The van der Waals surface area contributed by atoms with Gasteiger partial charge in [0, 0.05) is 55.0 Å². The Kier molecular flexibility index (Phi) is 4.52. The molecule has 5 nitrogen and oxygen atoms in total. The molecule has 0 radical (unpaired) electrons. The molecule has 3 heterocycles. The van der Waals surface area contributed by atoms with Crippen LogP contribution in [0.15, 0.2) is 61.1 Å². The zero-order valence-corrected chi connectivity index (χ0v) is 14.9. The van der Waals surface area contributed by atoms with E-state index in [4.69, 9.17) is 0 Å². The first-order valence-corrected chi connectivity index (χ1v) is 8.99. The summed E-state index contributed by atoms with van der Waals surface area (Å²) < 4.78 is 2.28. The molecule has 0 aliphatic carbocycles. The van der Waals surface area contributed by atoms with Crippen LogP contribution in [-0.4, -0.2) is 38.4 Å². The van der Waals surface area contributed by atoms with E-state index in [0.29, 0.717) is 11.5 Å². The Morgan fingerprint density at radius 3 is 2.69 bits per heavy atom. The van der Waals surface area contributed by atoms with Gasteiger partial charge in [-0.3, -0.25) is 9.78 Å². The minimum atomic E-state index is 0.0977. The van der Waals surface area contributed by atoms with Crippen LogP contribution < -0.4 is 0 Å². The number of amides is 1. The van der Waals surface area contributed by atoms with E-state index >= 15 is 0 Å². The van der Waals surface area contributed by atoms with Crippen molar-refractivity contribution in [3.63, 3.8) is 0 Å². The fourth-order valence-corrected chi connectivity index (χ4v) is 3.61. The third-order valence-electron chi connectivity index (χ3n) is 5.03. The van der Waals surface area contributed by atoms with Gasteiger partial charge in [0.25, 0.3) is 5.91 Å². The molecular formula is C21H22N4O. The van der Waals surface area contributed by atoms with Crippen LogP contribution in [0.3, 0.4) is 0 Å². The van der Waals surface area contributed by atoms with Crippen LogP contribution in [0.1, 0.15) is 22.5 Å². The van der Waals surface area contributed by atoms with Crippen molar-refractivity contribution in [2.45, 2.75) is 19.9 Å². The van der Waals surface area contributed by atoms with Gasteiger partial charge in [0.05, 0.1) is 0 Å². The standard InChI is InChI=1S/C21H22N4O/c1-16-13-23-20(18-5-3-2-4-6-18)25(16)15-17-9-12-24(14-17)21(26)19-7-10-22-11-8-19/h2-8,10-11,13,17H,9,12,14-15H2,1H3. The number of hydrogen-bond acceptors (Lipinski definition) is 3. The number of pyridine rings is 1. The smallest absolute Gasteiger partial charge is 0.253 e. The Bertz CT molecular complexity index is 889. The quantitative estimate of drug-likeness (QED) is 0.727. The molecule has 2 aromatic heterocycles. The van der Waals surface area contributed by atoms with E-state index in [1.165, 1.54) is 0 Å². The van der Waals surface area contributed by atoms with Crippen molar-refractivity contribution in [2.24, 2.45) is 5.92 Å². The summed E-state index contributed by atoms with van der Waals surface area (Å²) in [6, 6.07) is 13.8. The molecule has 1 aliphatic rings. The summed E-state index contributed by atoms with van der Waals surface area (Å²) in [7, 11) is 0. The first kappa shape index (κ1) is 16.5. The van der Waals surface area contributed by atoms with E-state index in [2.05, 4.69) is 33.6 Å². The van der Waals surface area contributed by atoms with Crippen LogP contribution in [0.2, 0.25) is 0 Å². The maximum Gasteiger partial charge on any atom is 0.253 e. The number of hydrogen-bond donors (Lipinski definition) is 0. The lowest BCUT2D eigenvalue weighted by molar-refractivity contribution is 0.0786. The van der Waals surface area contributed by atoms with Gasteiger partial charge in [-0.15, -0.1) is 0 Å². The molecule has 132 valence electrons. The maximum absolute atomic E-state index is 12.6. The lowest BCUT2D eigenvalue weighted by Crippen LogP contribution is -2.29. The summed E-state index contributed by atoms with van der Waals surface area (Å²) in [6.45, 7) is 4.57. The molecule has 26 heavy (non-hydrogen) atoms. The molecule has 0 bridgehead atoms. The highest BCUT2D eigenvalue weighted by molar-refractivity contribution is 5.94. The average Bonchev–Trinajstić information content (AvgIpc) is 3.30. The van der Waals surface area contributed by atoms with Gasteiger partial charge in [-0.1, -0.05) is 30.3 Å². The van der Waals surface area contributed by atoms with Gasteiger partial charge in [0.2, 0.25) is 0 Å². The molecule has 1 atom stereocenters. The van der Waals surface area contributed by atoms with Crippen LogP contribution >= 0.6 is 0 Å². The molecule has 0 spiro atoms. The molecule has 5 heteroatoms. The summed E-state index contributed by atoms with van der Waals surface area (Å²) >= 11 is 0. The summed E-state index contributed by atoms with van der Waals surface area (Å²) in [5.74, 6) is 1.54. The average molecular weight is 346 g/mol. The van der Waals surface area contributed by atoms with Crippen molar-refractivity contribution >= 4 is 5.91 Å². The van der Waals surface area contributed by atoms with Crippen LogP contribution in [0, 0.1) is 12.8 Å². The van der Waals surface area contributed by atoms with Crippen LogP contribution in [0.4, 0.5) is 0 Å². The van der Waals surface area contributed by atoms with Crippen molar-refractivity contribution in [2.75, 3.05) is 13.1 Å². The zero-order chi connectivity index (χ0) is 17.9. The van der Waals surface area contributed by atoms with E-state index in [1.807, 2.05) is 29.3 Å². The second-order valence-corrected chi connectivity index (χ2v) is 6.84. The Morgan fingerprint density at radius 1 is 1.15 bits per heavy atom. The summed E-state index contributed by atoms with van der Waals surface area (Å²) in [4.78, 5) is 23.2. The number of benzene rings is 1. The molecule has 1 unspecified atom stereocenters. The summed E-state index contributed by atoms with van der Waals surface area (Å²) in [5.41, 5.74) is 3.00. The normalized spacial score (nSPS) is 16.8. The molecule has 1 fully saturated rings. The number of imidazole rings is 1. The first-order valence-electron chi connectivity index (χ1n) is 8.99. The monoisotopic (exact) mass is 346 g/mol. The Balaban J connectivity index is 1.48. The van der Waals surface area contributed by atoms with E-state index in [-0.39, 0.29) is 5.91 Å². The molecule has 3 aromatic rings. The number of rotatable bonds is 4. The van der Waals surface area contributed by atoms with Gasteiger partial charge in [0.1, 0.15) is 5.82 Å². The third kappa shape index (κ3) is 3.25. The van der Waals surface area contributed by atoms with Crippen LogP contribution in [0.5, 0.6) is 0 Å². The first-order chi connectivity index (χ1) is 12.7. The lowest BCUT2D eigenvalue weighted by Gasteiger charge is -2.18. The molecule has 0 saturated carbocycles. The molecule has 4 rings (SSSR count). The van der Waals surface area contributed by atoms with Gasteiger partial charge in [-0.05, 0) is 31.4 Å². The van der Waals surface area contributed by atoms with Crippen molar-refractivity contribution in [3.05, 3.63) is 72.3 Å². The van der Waals surface area contributed by atoms with Gasteiger partial charge in [-0.2, -0.15) is 0 Å². The van der Waals surface area contributed by atoms with E-state index in [1.54, 1.807) is 24.5 Å². The molecule has 1 aromatic carbocycles. The van der Waals surface area contributed by atoms with E-state index < -0.39 is 0 Å². The Morgan fingerprint density at radius 2 is 1.92 bits per heavy atom. The van der Waals surface area contributed by atoms with Crippen molar-refractivity contribution in [3.8, 4) is 11.4 Å². The summed E-state index contributed by atoms with van der Waals surface area (Å²) in [6.07, 6.45) is 6.28. The van der Waals surface area contributed by atoms with E-state index in [0.717, 1.165) is 43.1 Å². The van der Waals surface area contributed by atoms with Gasteiger partial charge < -0.3 is 9.47 Å². The molecule has 1 aliphatic heterocycles. The summed E-state index contributed by atoms with van der Waals surface area (Å²) in [5, 5.41) is 0. The van der Waals surface area contributed by atoms with Crippen molar-refractivity contribution in [1.82, 2.24) is 19.4 Å². The minimum absolute atomic E-state index is 0.0977. The lowest BCUT2D eigenvalue weighted by atomic mass is 10.1. The van der Waals surface area contributed by atoms with Crippen molar-refractivity contribution in [1.29, 1.82) is 0 Å². The SMILES string of the molecule is Cc1cnc(-c2ccccc2)n1CC1CCN(C(=O)c2ccncc2)C1. The number of carbonyl (C=O) groups is 1. The Hall–Kier alpha value is -2.95. The number of aryl methyl sites for hydroxylation is 1. The second-order valence-electron chi connectivity index (χ2n) is 6.84. The van der Waals surface area contributed by atoms with Gasteiger partial charge >= 0.3 is 0 Å². The minimum Gasteiger partial charge on any atom is -0.338 e. The molecule has 1 saturated heterocycles. The molecule has 1 amide bonds. The number of likely N-dealkylation sites (tertiary alicyclic amines) is 1. The molecular weight excluding hydrogens is 324 g/mol. The maximum atomic E-state index is 12.6. The molecule has 0 N–H and O–H groups in total. The van der Waals surface area contributed by atoms with Crippen LogP contribution in [0.25, 0.3) is 11.4 Å². The largest absolute Gasteiger partial charge is 0.338 e. The fourth-order valence-electron chi connectivity index (χ4n) is 3.61. The number of nitrogens with zero attached hydrogens (tertiary/aromatic N) is 4. The van der Waals surface area contributed by atoms with Crippen LogP contribution in [-0.2, 0) is 6.54 Å². The second kappa shape index (κ2) is 7.12. The zero-order valence-electron chi connectivity index (χ0n) is 14.9. The van der Waals surface area contributed by atoms with Gasteiger partial charge in [-0.25, -0.2) is 4.98 Å². The highest BCUT2D eigenvalue weighted by Crippen LogP contribution is 2.25. The number of aromatic nitrogens is 3. The highest BCUT2D eigenvalue weighted by atomic mass is 16.2. The fraction of sp³-hybridized carbons (Fsp3) is 0.286. The van der Waals surface area contributed by atoms with E-state index in [9.17, 15) is 4.79 Å². The van der Waals surface area contributed by atoms with Gasteiger partial charge in [0.15, 0.2) is 0 Å². The highest BCUT2D eigenvalue weighted by Gasteiger charge is 2.28. The van der Waals surface area contributed by atoms with Crippen molar-refractivity contribution < 1.29 is 4.79 Å². The Labute approximate surface area is 153 Å². The third-order valence-corrected chi connectivity index (χ3v) is 5.03. The number of carbonyl (C=O) groups excluding carboxylic acids is 1. The topological polar surface area (TPSA) is 51.0 Å². The predicted molar refractivity (Wildman–Crippen MR) is 101 cm³/mol. The predicted octanol–water partition coefficient (Wildman–Crippen LogP) is 3.42.